The summed E-state index contributed by atoms with van der Waals surface area (Å²) in [6, 6.07) is 11.1. The van der Waals surface area contributed by atoms with Gasteiger partial charge >= 0.3 is 0 Å². The minimum Gasteiger partial charge on any atom is -0.508 e. The first-order chi connectivity index (χ1) is 12.1. The molecule has 0 aromatic heterocycles. The highest BCUT2D eigenvalue weighted by Crippen LogP contribution is 2.27. The number of fused-ring (bicyclic) bond motifs is 2. The van der Waals surface area contributed by atoms with Gasteiger partial charge in [-0.25, -0.2) is 0 Å². The molecule has 4 nitrogen and oxygen atoms in total. The van der Waals surface area contributed by atoms with Crippen molar-refractivity contribution in [2.45, 2.75) is 12.8 Å². The lowest BCUT2D eigenvalue weighted by molar-refractivity contribution is -0.114. The first kappa shape index (κ1) is 16.7. The Kier molecular flexibility index (Phi) is 4.80. The molecular formula is C21H18O4. The van der Waals surface area contributed by atoms with Crippen molar-refractivity contribution in [2.75, 3.05) is 7.11 Å². The van der Waals surface area contributed by atoms with Gasteiger partial charge in [0.2, 0.25) is 0 Å². The third-order valence-electron chi connectivity index (χ3n) is 4.18. The summed E-state index contributed by atoms with van der Waals surface area (Å²) in [5, 5.41) is 9.39. The fraction of sp³-hybridized carbons (Fsp3) is 0.143. The maximum atomic E-state index is 11.2. The SMILES string of the molecule is COc1cccc2c1CC(=O)C=C2.O=C1C=Cc2cccc(O)c2C1. The number of rotatable bonds is 1. The maximum absolute atomic E-state index is 11.2. The molecule has 0 atom stereocenters. The monoisotopic (exact) mass is 334 g/mol. The molecule has 126 valence electrons. The number of phenols is 1. The fourth-order valence-electron chi connectivity index (χ4n) is 2.89. The van der Waals surface area contributed by atoms with Crippen molar-refractivity contribution in [3.8, 4) is 11.5 Å². The Bertz CT molecular complexity index is 891. The van der Waals surface area contributed by atoms with Crippen LogP contribution in [0.5, 0.6) is 11.5 Å². The Morgan fingerprint density at radius 1 is 0.800 bits per heavy atom. The van der Waals surface area contributed by atoms with Crippen molar-refractivity contribution < 1.29 is 19.4 Å². The van der Waals surface area contributed by atoms with E-state index in [2.05, 4.69) is 0 Å². The van der Waals surface area contributed by atoms with Crippen LogP contribution in [-0.4, -0.2) is 23.8 Å². The second-order valence-electron chi connectivity index (χ2n) is 5.83. The average Bonchev–Trinajstić information content (AvgIpc) is 2.62. The predicted molar refractivity (Wildman–Crippen MR) is 96.6 cm³/mol. The van der Waals surface area contributed by atoms with E-state index in [4.69, 9.17) is 4.74 Å². The number of phenolic OH excluding ortho intramolecular Hbond substituents is 1. The van der Waals surface area contributed by atoms with Gasteiger partial charge in [-0.05, 0) is 35.4 Å². The molecule has 2 aromatic rings. The van der Waals surface area contributed by atoms with Gasteiger partial charge in [-0.1, -0.05) is 36.4 Å². The lowest BCUT2D eigenvalue weighted by Crippen LogP contribution is -2.06. The van der Waals surface area contributed by atoms with E-state index in [0.29, 0.717) is 12.8 Å². The van der Waals surface area contributed by atoms with Crippen LogP contribution in [0.1, 0.15) is 22.3 Å². The van der Waals surface area contributed by atoms with Crippen molar-refractivity contribution in [1.82, 2.24) is 0 Å². The molecule has 0 saturated carbocycles. The van der Waals surface area contributed by atoms with Crippen molar-refractivity contribution in [2.24, 2.45) is 0 Å². The number of benzene rings is 2. The number of aromatic hydroxyl groups is 1. The van der Waals surface area contributed by atoms with Crippen LogP contribution in [0.15, 0.2) is 48.6 Å². The summed E-state index contributed by atoms with van der Waals surface area (Å²) in [6.07, 6.45) is 7.50. The third kappa shape index (κ3) is 3.69. The average molecular weight is 334 g/mol. The number of hydrogen-bond donors (Lipinski definition) is 1. The van der Waals surface area contributed by atoms with Crippen LogP contribution < -0.4 is 4.74 Å². The summed E-state index contributed by atoms with van der Waals surface area (Å²) in [5.41, 5.74) is 3.76. The van der Waals surface area contributed by atoms with Gasteiger partial charge in [0.05, 0.1) is 7.11 Å². The molecule has 2 aromatic carbocycles. The molecule has 0 spiro atoms. The number of hydrogen-bond acceptors (Lipinski definition) is 4. The topological polar surface area (TPSA) is 63.6 Å². The number of ether oxygens (including phenoxy) is 1. The van der Waals surface area contributed by atoms with E-state index in [1.54, 1.807) is 37.5 Å². The van der Waals surface area contributed by atoms with Crippen LogP contribution in [0, 0.1) is 0 Å². The minimum atomic E-state index is 0.0454. The third-order valence-corrected chi connectivity index (χ3v) is 4.18. The summed E-state index contributed by atoms with van der Waals surface area (Å²) in [7, 11) is 1.62. The van der Waals surface area contributed by atoms with Crippen molar-refractivity contribution in [3.05, 3.63) is 70.8 Å². The minimum absolute atomic E-state index is 0.0454. The molecule has 0 unspecified atom stereocenters. The quantitative estimate of drug-likeness (QED) is 0.868. The Balaban J connectivity index is 0.000000146. The van der Waals surface area contributed by atoms with Crippen molar-refractivity contribution >= 4 is 23.7 Å². The van der Waals surface area contributed by atoms with Crippen LogP contribution in [0.3, 0.4) is 0 Å². The number of methoxy groups -OCH3 is 1. The van der Waals surface area contributed by atoms with Gasteiger partial charge in [0.1, 0.15) is 11.5 Å². The molecule has 0 fully saturated rings. The molecule has 4 rings (SSSR count). The van der Waals surface area contributed by atoms with Crippen LogP contribution in [0.2, 0.25) is 0 Å². The zero-order valence-corrected chi connectivity index (χ0v) is 13.9. The van der Waals surface area contributed by atoms with Gasteiger partial charge in [-0.3, -0.25) is 9.59 Å². The molecule has 25 heavy (non-hydrogen) atoms. The molecule has 4 heteroatoms. The number of allylic oxidation sites excluding steroid dienone is 2. The normalized spacial score (nSPS) is 14.3. The number of carbonyl (C=O) groups is 2. The maximum Gasteiger partial charge on any atom is 0.160 e. The second kappa shape index (κ2) is 7.18. The van der Waals surface area contributed by atoms with Gasteiger partial charge in [0, 0.05) is 24.0 Å². The second-order valence-corrected chi connectivity index (χ2v) is 5.83. The van der Waals surface area contributed by atoms with Crippen LogP contribution in [0.4, 0.5) is 0 Å². The summed E-state index contributed by atoms with van der Waals surface area (Å²) >= 11 is 0. The number of carbonyl (C=O) groups excluding carboxylic acids is 2. The molecule has 0 heterocycles. The standard InChI is InChI=1S/C11H10O2.C10H8O2/c1-13-11-4-2-3-8-5-6-9(12)7-10(8)11;11-8-5-4-7-2-1-3-10(12)9(7)6-8/h2-6H,7H2,1H3;1-5,12H,6H2. The molecule has 1 N–H and O–H groups in total. The largest absolute Gasteiger partial charge is 0.508 e. The van der Waals surface area contributed by atoms with E-state index < -0.39 is 0 Å². The molecular weight excluding hydrogens is 316 g/mol. The van der Waals surface area contributed by atoms with Crippen molar-refractivity contribution in [1.29, 1.82) is 0 Å². The zero-order chi connectivity index (χ0) is 17.8. The fourth-order valence-corrected chi connectivity index (χ4v) is 2.89. The summed E-state index contributed by atoms with van der Waals surface area (Å²) in [6.45, 7) is 0. The van der Waals surface area contributed by atoms with Crippen LogP contribution in [-0.2, 0) is 22.4 Å². The van der Waals surface area contributed by atoms with Gasteiger partial charge in [-0.15, -0.1) is 0 Å². The van der Waals surface area contributed by atoms with Crippen molar-refractivity contribution in [3.63, 3.8) is 0 Å². The van der Waals surface area contributed by atoms with E-state index in [-0.39, 0.29) is 17.3 Å². The van der Waals surface area contributed by atoms with Gasteiger partial charge in [0.15, 0.2) is 11.6 Å². The predicted octanol–water partition coefficient (Wildman–Crippen LogP) is 3.36. The van der Waals surface area contributed by atoms with Crippen LogP contribution >= 0.6 is 0 Å². The Hall–Kier alpha value is -3.14. The summed E-state index contributed by atoms with van der Waals surface area (Å²) in [4.78, 5) is 22.1. The van der Waals surface area contributed by atoms with Crippen LogP contribution in [0.25, 0.3) is 12.2 Å². The molecule has 2 aliphatic rings. The Morgan fingerprint density at radius 2 is 1.36 bits per heavy atom. The van der Waals surface area contributed by atoms with E-state index in [1.165, 1.54) is 0 Å². The summed E-state index contributed by atoms with van der Waals surface area (Å²) in [5.74, 6) is 1.20. The zero-order valence-electron chi connectivity index (χ0n) is 13.9. The highest BCUT2D eigenvalue weighted by atomic mass is 16.5. The number of ketones is 2. The lowest BCUT2D eigenvalue weighted by atomic mass is 9.96. The summed E-state index contributed by atoms with van der Waals surface area (Å²) < 4.78 is 5.17. The Morgan fingerprint density at radius 3 is 2.00 bits per heavy atom. The van der Waals surface area contributed by atoms with Gasteiger partial charge < -0.3 is 9.84 Å². The van der Waals surface area contributed by atoms with Gasteiger partial charge in [0.25, 0.3) is 0 Å². The molecule has 0 amide bonds. The first-order valence-electron chi connectivity index (χ1n) is 7.97. The molecule has 2 aliphatic carbocycles. The van der Waals surface area contributed by atoms with Gasteiger partial charge in [-0.2, -0.15) is 0 Å². The first-order valence-corrected chi connectivity index (χ1v) is 7.97. The Labute approximate surface area is 146 Å². The molecule has 0 bridgehead atoms. The smallest absolute Gasteiger partial charge is 0.160 e. The molecule has 0 aliphatic heterocycles. The van der Waals surface area contributed by atoms with E-state index >= 15 is 0 Å². The van der Waals surface area contributed by atoms with E-state index in [1.807, 2.05) is 30.3 Å². The molecule has 0 radical (unpaired) electrons. The highest BCUT2D eigenvalue weighted by Gasteiger charge is 2.14. The van der Waals surface area contributed by atoms with E-state index in [9.17, 15) is 14.7 Å². The highest BCUT2D eigenvalue weighted by molar-refractivity contribution is 5.99. The molecule has 0 saturated heterocycles. The van der Waals surface area contributed by atoms with E-state index in [0.717, 1.165) is 28.0 Å². The lowest BCUT2D eigenvalue weighted by Gasteiger charge is -2.13.